The van der Waals surface area contributed by atoms with Gasteiger partial charge in [0.2, 0.25) is 5.91 Å². The number of benzene rings is 1. The van der Waals surface area contributed by atoms with Crippen molar-refractivity contribution in [2.75, 3.05) is 26.9 Å². The van der Waals surface area contributed by atoms with Crippen LogP contribution in [0.2, 0.25) is 0 Å². The van der Waals surface area contributed by atoms with E-state index in [1.165, 1.54) is 12.8 Å². The number of nitrogens with one attached hydrogen (secondary N) is 1. The van der Waals surface area contributed by atoms with Gasteiger partial charge in [0.15, 0.2) is 11.5 Å². The van der Waals surface area contributed by atoms with Gasteiger partial charge < -0.3 is 19.5 Å². The van der Waals surface area contributed by atoms with Gasteiger partial charge in [-0.25, -0.2) is 0 Å². The molecule has 1 atom stereocenters. The van der Waals surface area contributed by atoms with E-state index in [9.17, 15) is 4.79 Å². The Morgan fingerprint density at radius 2 is 2.20 bits per heavy atom. The number of methoxy groups -OCH3 is 1. The maximum absolute atomic E-state index is 11.1. The molecule has 2 aliphatic rings. The van der Waals surface area contributed by atoms with Crippen molar-refractivity contribution in [2.45, 2.75) is 18.9 Å². The molecule has 1 N–H and O–H groups in total. The van der Waals surface area contributed by atoms with Gasteiger partial charge in [0.05, 0.1) is 13.7 Å². The first-order valence-corrected chi connectivity index (χ1v) is 6.95. The molecule has 0 aromatic heterocycles. The predicted molar refractivity (Wildman–Crippen MR) is 72.9 cm³/mol. The topological polar surface area (TPSA) is 56.8 Å². The lowest BCUT2D eigenvalue weighted by atomic mass is 10.1. The number of amides is 1. The molecule has 0 radical (unpaired) electrons. The summed E-state index contributed by atoms with van der Waals surface area (Å²) in [6.45, 7) is 1.34. The second-order valence-electron chi connectivity index (χ2n) is 5.27. The van der Waals surface area contributed by atoms with Crippen molar-refractivity contribution >= 4 is 5.91 Å². The molecule has 3 rings (SSSR count). The first kappa shape index (κ1) is 13.2. The van der Waals surface area contributed by atoms with Crippen LogP contribution in [-0.2, 0) is 9.53 Å². The minimum absolute atomic E-state index is 0.0695. The van der Waals surface area contributed by atoms with E-state index in [4.69, 9.17) is 14.2 Å². The molecule has 1 aliphatic heterocycles. The molecule has 1 saturated heterocycles. The van der Waals surface area contributed by atoms with Crippen LogP contribution in [0.15, 0.2) is 18.2 Å². The molecule has 2 fully saturated rings. The Morgan fingerprint density at radius 1 is 1.35 bits per heavy atom. The van der Waals surface area contributed by atoms with Gasteiger partial charge in [0.1, 0.15) is 12.7 Å². The van der Waals surface area contributed by atoms with Gasteiger partial charge in [0.25, 0.3) is 0 Å². The Balaban J connectivity index is 1.73. The highest BCUT2D eigenvalue weighted by Crippen LogP contribution is 2.35. The van der Waals surface area contributed by atoms with Crippen molar-refractivity contribution in [3.63, 3.8) is 0 Å². The van der Waals surface area contributed by atoms with Crippen molar-refractivity contribution in [3.05, 3.63) is 23.8 Å². The fourth-order valence-electron chi connectivity index (χ4n) is 2.21. The Labute approximate surface area is 118 Å². The summed E-state index contributed by atoms with van der Waals surface area (Å²) in [6.07, 6.45) is 2.38. The number of rotatable bonds is 5. The molecule has 1 heterocycles. The second-order valence-corrected chi connectivity index (χ2v) is 5.27. The molecule has 1 amide bonds. The Morgan fingerprint density at radius 3 is 2.85 bits per heavy atom. The molecule has 0 bridgehead atoms. The highest BCUT2D eigenvalue weighted by atomic mass is 16.5. The highest BCUT2D eigenvalue weighted by Gasteiger charge is 2.24. The number of morpholine rings is 1. The average molecular weight is 277 g/mol. The van der Waals surface area contributed by atoms with E-state index in [-0.39, 0.29) is 18.6 Å². The van der Waals surface area contributed by atoms with Gasteiger partial charge in [-0.3, -0.25) is 4.79 Å². The van der Waals surface area contributed by atoms with E-state index in [2.05, 4.69) is 5.32 Å². The molecule has 1 saturated carbocycles. The molecule has 5 heteroatoms. The number of hydrogen-bond acceptors (Lipinski definition) is 4. The van der Waals surface area contributed by atoms with Gasteiger partial charge in [0, 0.05) is 6.54 Å². The monoisotopic (exact) mass is 277 g/mol. The third-order valence-corrected chi connectivity index (χ3v) is 3.63. The second kappa shape index (κ2) is 5.71. The lowest BCUT2D eigenvalue weighted by Crippen LogP contribution is -2.38. The molecule has 108 valence electrons. The summed E-state index contributed by atoms with van der Waals surface area (Å²) in [7, 11) is 1.64. The zero-order valence-electron chi connectivity index (χ0n) is 11.6. The van der Waals surface area contributed by atoms with Crippen molar-refractivity contribution in [2.24, 2.45) is 5.92 Å². The highest BCUT2D eigenvalue weighted by molar-refractivity contribution is 5.77. The van der Waals surface area contributed by atoms with Crippen molar-refractivity contribution in [1.29, 1.82) is 0 Å². The Bertz CT molecular complexity index is 489. The smallest absolute Gasteiger partial charge is 0.246 e. The number of carbonyl (C=O) groups excluding carboxylic acids is 1. The summed E-state index contributed by atoms with van der Waals surface area (Å²) in [5.41, 5.74) is 0.997. The SMILES string of the molecule is COc1ccc(C2CNC(=O)CO2)cc1OCC1CC1. The van der Waals surface area contributed by atoms with E-state index >= 15 is 0 Å². The summed E-state index contributed by atoms with van der Waals surface area (Å²) in [4.78, 5) is 11.1. The fraction of sp³-hybridized carbons (Fsp3) is 0.533. The number of carbonyl (C=O) groups is 1. The third kappa shape index (κ3) is 3.04. The molecule has 20 heavy (non-hydrogen) atoms. The minimum Gasteiger partial charge on any atom is -0.493 e. The van der Waals surface area contributed by atoms with Crippen LogP contribution in [0.5, 0.6) is 11.5 Å². The van der Waals surface area contributed by atoms with Gasteiger partial charge >= 0.3 is 0 Å². The lowest BCUT2D eigenvalue weighted by molar-refractivity contribution is -0.133. The van der Waals surface area contributed by atoms with Crippen LogP contribution in [-0.4, -0.2) is 32.8 Å². The van der Waals surface area contributed by atoms with E-state index in [0.29, 0.717) is 12.5 Å². The molecule has 1 unspecified atom stereocenters. The number of ether oxygens (including phenoxy) is 3. The maximum Gasteiger partial charge on any atom is 0.246 e. The molecule has 1 aromatic rings. The standard InChI is InChI=1S/C15H19NO4/c1-18-12-5-4-11(14-7-16-15(17)9-20-14)6-13(12)19-8-10-2-3-10/h4-6,10,14H,2-3,7-9H2,1H3,(H,16,17). The van der Waals surface area contributed by atoms with Gasteiger partial charge in [-0.2, -0.15) is 0 Å². The molecule has 0 spiro atoms. The summed E-state index contributed by atoms with van der Waals surface area (Å²) in [5, 5.41) is 2.80. The summed E-state index contributed by atoms with van der Waals surface area (Å²) >= 11 is 0. The zero-order chi connectivity index (χ0) is 13.9. The largest absolute Gasteiger partial charge is 0.493 e. The number of hydrogen-bond donors (Lipinski definition) is 1. The molecular formula is C15H19NO4. The molecular weight excluding hydrogens is 258 g/mol. The first-order valence-electron chi connectivity index (χ1n) is 6.95. The lowest BCUT2D eigenvalue weighted by Gasteiger charge is -2.24. The van der Waals surface area contributed by atoms with Crippen LogP contribution in [0.3, 0.4) is 0 Å². The minimum atomic E-state index is -0.123. The predicted octanol–water partition coefficient (Wildman–Crippen LogP) is 1.67. The summed E-state index contributed by atoms with van der Waals surface area (Å²) in [5.74, 6) is 2.10. The first-order chi connectivity index (χ1) is 9.76. The maximum atomic E-state index is 11.1. The van der Waals surface area contributed by atoms with E-state index in [0.717, 1.165) is 23.7 Å². The van der Waals surface area contributed by atoms with Gasteiger partial charge in [-0.1, -0.05) is 6.07 Å². The molecule has 1 aromatic carbocycles. The van der Waals surface area contributed by atoms with E-state index in [1.54, 1.807) is 7.11 Å². The normalized spacial score (nSPS) is 22.2. The van der Waals surface area contributed by atoms with E-state index < -0.39 is 0 Å². The summed E-state index contributed by atoms with van der Waals surface area (Å²) < 4.78 is 16.7. The van der Waals surface area contributed by atoms with E-state index in [1.807, 2.05) is 18.2 Å². The van der Waals surface area contributed by atoms with Crippen LogP contribution in [0.4, 0.5) is 0 Å². The zero-order valence-corrected chi connectivity index (χ0v) is 11.6. The quantitative estimate of drug-likeness (QED) is 0.889. The van der Waals surface area contributed by atoms with Crippen LogP contribution in [0.1, 0.15) is 24.5 Å². The van der Waals surface area contributed by atoms with Gasteiger partial charge in [-0.05, 0) is 36.5 Å². The average Bonchev–Trinajstić information content (AvgIpc) is 3.30. The van der Waals surface area contributed by atoms with Crippen LogP contribution < -0.4 is 14.8 Å². The Hall–Kier alpha value is -1.75. The summed E-state index contributed by atoms with van der Waals surface area (Å²) in [6, 6.07) is 5.78. The third-order valence-electron chi connectivity index (χ3n) is 3.63. The van der Waals surface area contributed by atoms with Gasteiger partial charge in [-0.15, -0.1) is 0 Å². The van der Waals surface area contributed by atoms with Crippen LogP contribution in [0, 0.1) is 5.92 Å². The fourth-order valence-corrected chi connectivity index (χ4v) is 2.21. The van der Waals surface area contributed by atoms with Crippen molar-refractivity contribution in [3.8, 4) is 11.5 Å². The van der Waals surface area contributed by atoms with Crippen molar-refractivity contribution in [1.82, 2.24) is 5.32 Å². The van der Waals surface area contributed by atoms with Crippen molar-refractivity contribution < 1.29 is 19.0 Å². The Kier molecular flexibility index (Phi) is 3.78. The van der Waals surface area contributed by atoms with Crippen LogP contribution in [0.25, 0.3) is 0 Å². The molecule has 5 nitrogen and oxygen atoms in total. The molecule has 1 aliphatic carbocycles. The van der Waals surface area contributed by atoms with Crippen LogP contribution >= 0.6 is 0 Å².